The Balaban J connectivity index is 1.14. The Bertz CT molecular complexity index is 2470. The third-order valence-electron chi connectivity index (χ3n) is 12.0. The molecule has 0 radical (unpaired) electrons. The quantitative estimate of drug-likeness (QED) is 0.154. The number of allylic oxidation sites excluding steroid dienone is 1. The van der Waals surface area contributed by atoms with Gasteiger partial charge in [0, 0.05) is 34.1 Å². The van der Waals surface area contributed by atoms with Crippen molar-refractivity contribution in [1.29, 1.82) is 0 Å². The van der Waals surface area contributed by atoms with E-state index in [0.29, 0.717) is 64.4 Å². The van der Waals surface area contributed by atoms with Gasteiger partial charge in [-0.1, -0.05) is 25.0 Å². The summed E-state index contributed by atoms with van der Waals surface area (Å²) in [6.07, 6.45) is 7.18. The van der Waals surface area contributed by atoms with E-state index >= 15 is 0 Å². The van der Waals surface area contributed by atoms with E-state index in [0.717, 1.165) is 17.7 Å². The summed E-state index contributed by atoms with van der Waals surface area (Å²) < 4.78 is 54.2. The van der Waals surface area contributed by atoms with E-state index in [-0.39, 0.29) is 25.3 Å². The molecule has 5 atom stereocenters. The number of aromatic nitrogens is 1. The normalized spacial score (nSPS) is 26.4. The van der Waals surface area contributed by atoms with Gasteiger partial charge in [-0.15, -0.1) is 11.3 Å². The Hall–Kier alpha value is -5.09. The number of nitrogens with zero attached hydrogens (tertiary/aromatic N) is 2. The van der Waals surface area contributed by atoms with Gasteiger partial charge in [-0.3, -0.25) is 23.9 Å². The zero-order chi connectivity index (χ0) is 41.0. The van der Waals surface area contributed by atoms with Crippen LogP contribution in [0.25, 0.3) is 21.7 Å². The SMILES string of the molecule is COc1ccc2c(c1)nc(O[C@@H]1C[C@H]3C(=O)N[C@]4(C(=O)NS(=O)(=O)C5(C)CC5)C[C@H]4/C=C\CCCCC[C@H](NC(=O)c4ccc(C)s4)C(=O)N3C1)c1ccc(F)cc12. The standard InChI is InChI=1S/C42H46FN5O8S2/c1-24-11-16-35(57-24)37(50)44-32-10-8-6-4-5-7-9-25-22-42(25,40(52)47-58(53,54)41(2)17-18-41)46-36(49)34-21-28(23-48(34)39(32)51)56-38-30-14-12-26(43)19-31(30)29-15-13-27(55-3)20-33(29)45-38/h7,9,11-16,19-20,25,28,32,34H,4-6,8,10,17-18,21-23H2,1-3H3,(H,44,50)(H,46,49)(H,47,52)/b9-7-/t25-,28-,32+,34+,42-/m1/s1. The number of hydrogen-bond donors (Lipinski definition) is 3. The first kappa shape index (κ1) is 39.7. The summed E-state index contributed by atoms with van der Waals surface area (Å²) in [5.74, 6) is -2.58. The van der Waals surface area contributed by atoms with Crippen LogP contribution in [0.1, 0.15) is 79.3 Å². The van der Waals surface area contributed by atoms with E-state index < -0.39 is 73.9 Å². The Kier molecular flexibility index (Phi) is 10.4. The second-order valence-electron chi connectivity index (χ2n) is 16.1. The molecule has 0 spiro atoms. The van der Waals surface area contributed by atoms with E-state index in [1.54, 1.807) is 37.3 Å². The maximum Gasteiger partial charge on any atom is 0.262 e. The van der Waals surface area contributed by atoms with Gasteiger partial charge in [0.2, 0.25) is 27.7 Å². The van der Waals surface area contributed by atoms with Crippen LogP contribution in [0.4, 0.5) is 4.39 Å². The Labute approximate surface area is 339 Å². The largest absolute Gasteiger partial charge is 0.497 e. The first-order chi connectivity index (χ1) is 27.7. The van der Waals surface area contributed by atoms with E-state index in [4.69, 9.17) is 14.5 Å². The van der Waals surface area contributed by atoms with Gasteiger partial charge in [0.1, 0.15) is 35.3 Å². The highest BCUT2D eigenvalue weighted by Crippen LogP contribution is 2.47. The second-order valence-corrected chi connectivity index (χ2v) is 19.6. The molecule has 2 aliphatic carbocycles. The lowest BCUT2D eigenvalue weighted by molar-refractivity contribution is -0.141. The van der Waals surface area contributed by atoms with Crippen molar-refractivity contribution >= 4 is 66.7 Å². The molecule has 4 aliphatic rings. The number of hydrogen-bond acceptors (Lipinski definition) is 10. The summed E-state index contributed by atoms with van der Waals surface area (Å²) in [5, 5.41) is 7.56. The number of carbonyl (C=O) groups excluding carboxylic acids is 4. The van der Waals surface area contributed by atoms with Gasteiger partial charge in [-0.25, -0.2) is 17.8 Å². The fourth-order valence-corrected chi connectivity index (χ4v) is 10.1. The number of sulfonamides is 1. The minimum Gasteiger partial charge on any atom is -0.497 e. The van der Waals surface area contributed by atoms with Crippen molar-refractivity contribution in [3.8, 4) is 11.6 Å². The molecule has 58 heavy (non-hydrogen) atoms. The Morgan fingerprint density at radius 2 is 1.83 bits per heavy atom. The first-order valence-corrected chi connectivity index (χ1v) is 22.0. The maximum absolute atomic E-state index is 14.7. The van der Waals surface area contributed by atoms with Crippen LogP contribution in [-0.2, 0) is 24.4 Å². The number of amides is 4. The molecule has 2 aromatic carbocycles. The van der Waals surface area contributed by atoms with Gasteiger partial charge in [0.15, 0.2) is 0 Å². The summed E-state index contributed by atoms with van der Waals surface area (Å²) >= 11 is 1.31. The van der Waals surface area contributed by atoms with Crippen LogP contribution in [0.2, 0.25) is 0 Å². The lowest BCUT2D eigenvalue weighted by Gasteiger charge is -2.30. The molecule has 0 bridgehead atoms. The third-order valence-corrected chi connectivity index (χ3v) is 15.1. The van der Waals surface area contributed by atoms with Crippen molar-refractivity contribution in [3.05, 3.63) is 76.3 Å². The average Bonchev–Trinajstić information content (AvgIpc) is 3.99. The first-order valence-electron chi connectivity index (χ1n) is 19.7. The molecule has 3 N–H and O–H groups in total. The van der Waals surface area contributed by atoms with Crippen LogP contribution in [0.15, 0.2) is 60.7 Å². The number of nitrogens with one attached hydrogen (secondary N) is 3. The average molecular weight is 832 g/mol. The molecule has 3 fully saturated rings. The molecule has 16 heteroatoms. The molecular formula is C42H46FN5O8S2. The highest BCUT2D eigenvalue weighted by Gasteiger charge is 2.63. The molecule has 2 saturated carbocycles. The number of fused-ring (bicyclic) bond motifs is 5. The van der Waals surface area contributed by atoms with Gasteiger partial charge >= 0.3 is 0 Å². The molecule has 8 rings (SSSR count). The van der Waals surface area contributed by atoms with Gasteiger partial charge in [0.25, 0.3) is 11.8 Å². The van der Waals surface area contributed by atoms with E-state index in [9.17, 15) is 32.0 Å². The number of benzene rings is 2. The van der Waals surface area contributed by atoms with Gasteiger partial charge in [-0.05, 0) is 100 Å². The van der Waals surface area contributed by atoms with Crippen molar-refractivity contribution in [2.45, 2.75) is 100 Å². The summed E-state index contributed by atoms with van der Waals surface area (Å²) in [4.78, 5) is 64.3. The number of aryl methyl sites for hydroxylation is 1. The number of thiophene rings is 1. The smallest absolute Gasteiger partial charge is 0.262 e. The van der Waals surface area contributed by atoms with E-state index in [1.807, 2.05) is 25.1 Å². The van der Waals surface area contributed by atoms with Crippen molar-refractivity contribution in [2.24, 2.45) is 5.92 Å². The summed E-state index contributed by atoms with van der Waals surface area (Å²) in [6.45, 7) is 3.40. The third kappa shape index (κ3) is 7.63. The van der Waals surface area contributed by atoms with Crippen LogP contribution in [0, 0.1) is 18.7 Å². The van der Waals surface area contributed by atoms with E-state index in [1.165, 1.54) is 35.5 Å². The zero-order valence-corrected chi connectivity index (χ0v) is 34.1. The van der Waals surface area contributed by atoms with Crippen LogP contribution in [0.5, 0.6) is 11.6 Å². The van der Waals surface area contributed by atoms with Crippen molar-refractivity contribution < 1.29 is 41.5 Å². The monoisotopic (exact) mass is 831 g/mol. The van der Waals surface area contributed by atoms with Crippen LogP contribution < -0.4 is 24.8 Å². The number of ether oxygens (including phenoxy) is 2. The van der Waals surface area contributed by atoms with Crippen molar-refractivity contribution in [1.82, 2.24) is 25.2 Å². The highest BCUT2D eigenvalue weighted by atomic mass is 32.2. The predicted octanol–water partition coefficient (Wildman–Crippen LogP) is 5.45. The highest BCUT2D eigenvalue weighted by molar-refractivity contribution is 7.91. The van der Waals surface area contributed by atoms with Crippen LogP contribution in [0.3, 0.4) is 0 Å². The summed E-state index contributed by atoms with van der Waals surface area (Å²) in [6, 6.07) is 10.9. The molecule has 4 aromatic rings. The molecule has 4 amide bonds. The number of pyridine rings is 1. The van der Waals surface area contributed by atoms with E-state index in [2.05, 4.69) is 15.4 Å². The maximum atomic E-state index is 14.7. The number of halogens is 1. The molecular weight excluding hydrogens is 786 g/mol. The van der Waals surface area contributed by atoms with Gasteiger partial charge in [-0.2, -0.15) is 0 Å². The lowest BCUT2D eigenvalue weighted by Crippen LogP contribution is -2.58. The molecule has 306 valence electrons. The number of rotatable bonds is 8. The zero-order valence-electron chi connectivity index (χ0n) is 32.5. The molecule has 2 aliphatic heterocycles. The van der Waals surface area contributed by atoms with Crippen LogP contribution >= 0.6 is 11.3 Å². The van der Waals surface area contributed by atoms with Crippen molar-refractivity contribution in [3.63, 3.8) is 0 Å². The summed E-state index contributed by atoms with van der Waals surface area (Å²) in [7, 11) is -2.49. The predicted molar refractivity (Wildman–Crippen MR) is 217 cm³/mol. The lowest BCUT2D eigenvalue weighted by atomic mass is 10.0. The fourth-order valence-electron chi connectivity index (χ4n) is 8.03. The number of methoxy groups -OCH3 is 1. The Morgan fingerprint density at radius 1 is 1.03 bits per heavy atom. The molecule has 13 nitrogen and oxygen atoms in total. The molecule has 2 aromatic heterocycles. The molecule has 0 unspecified atom stereocenters. The minimum absolute atomic E-state index is 0.0164. The minimum atomic E-state index is -4.02. The topological polar surface area (TPSA) is 173 Å². The van der Waals surface area contributed by atoms with Crippen LogP contribution in [-0.4, -0.2) is 84.1 Å². The van der Waals surface area contributed by atoms with Gasteiger partial charge in [0.05, 0.1) is 28.8 Å². The summed E-state index contributed by atoms with van der Waals surface area (Å²) in [5.41, 5.74) is -1.07. The number of carbonyl (C=O) groups is 4. The Morgan fingerprint density at radius 3 is 2.57 bits per heavy atom. The second kappa shape index (κ2) is 15.3. The molecule has 4 heterocycles. The van der Waals surface area contributed by atoms with Gasteiger partial charge < -0.3 is 25.0 Å². The fraction of sp³-hybridized carbons (Fsp3) is 0.452. The molecule has 1 saturated heterocycles. The van der Waals surface area contributed by atoms with Crippen molar-refractivity contribution in [2.75, 3.05) is 13.7 Å².